The first-order chi connectivity index (χ1) is 9.61. The van der Waals surface area contributed by atoms with Crippen LogP contribution in [-0.2, 0) is 4.79 Å². The van der Waals surface area contributed by atoms with Gasteiger partial charge in [0.25, 0.3) is 5.91 Å². The van der Waals surface area contributed by atoms with Gasteiger partial charge in [0.2, 0.25) is 0 Å². The number of benzene rings is 2. The van der Waals surface area contributed by atoms with Crippen molar-refractivity contribution in [2.24, 2.45) is 0 Å². The van der Waals surface area contributed by atoms with E-state index in [0.29, 0.717) is 5.56 Å². The number of hydrogen-bond acceptors (Lipinski definition) is 2. The molecule has 0 bridgehead atoms. The van der Waals surface area contributed by atoms with Crippen molar-refractivity contribution in [2.75, 3.05) is 0 Å². The first kappa shape index (κ1) is 13.6. The predicted molar refractivity (Wildman–Crippen MR) is 76.3 cm³/mol. The van der Waals surface area contributed by atoms with E-state index in [-0.39, 0.29) is 6.42 Å². The molecule has 2 N–H and O–H groups in total. The van der Waals surface area contributed by atoms with Gasteiger partial charge in [0.15, 0.2) is 0 Å². The Bertz CT molecular complexity index is 700. The van der Waals surface area contributed by atoms with Crippen LogP contribution in [0.4, 0.5) is 0 Å². The number of hydrogen-bond donors (Lipinski definition) is 2. The number of carboxylic acid groups (broad SMARTS) is 1. The van der Waals surface area contributed by atoms with Gasteiger partial charge in [-0.25, -0.2) is 4.79 Å². The van der Waals surface area contributed by atoms with Crippen LogP contribution >= 0.6 is 0 Å². The van der Waals surface area contributed by atoms with Gasteiger partial charge < -0.3 is 10.4 Å². The number of terminal acetylenes is 1. The van der Waals surface area contributed by atoms with Gasteiger partial charge in [-0.3, -0.25) is 4.79 Å². The van der Waals surface area contributed by atoms with E-state index in [2.05, 4.69) is 11.2 Å². The minimum Gasteiger partial charge on any atom is -0.480 e. The first-order valence-corrected chi connectivity index (χ1v) is 6.08. The Morgan fingerprint density at radius 2 is 1.90 bits per heavy atom. The molecule has 0 aromatic heterocycles. The summed E-state index contributed by atoms with van der Waals surface area (Å²) in [6.45, 7) is 0. The summed E-state index contributed by atoms with van der Waals surface area (Å²) in [5, 5.41) is 13.3. The number of amides is 1. The highest BCUT2D eigenvalue weighted by Gasteiger charge is 2.19. The molecule has 0 saturated carbocycles. The second kappa shape index (κ2) is 5.89. The number of rotatable bonds is 4. The van der Waals surface area contributed by atoms with Crippen molar-refractivity contribution in [1.29, 1.82) is 0 Å². The highest BCUT2D eigenvalue weighted by atomic mass is 16.4. The van der Waals surface area contributed by atoms with Crippen LogP contribution < -0.4 is 5.32 Å². The Kier molecular flexibility index (Phi) is 4.02. The summed E-state index contributed by atoms with van der Waals surface area (Å²) >= 11 is 0. The van der Waals surface area contributed by atoms with Gasteiger partial charge in [-0.05, 0) is 22.9 Å². The molecule has 1 amide bonds. The average molecular weight is 267 g/mol. The molecule has 1 atom stereocenters. The first-order valence-electron chi connectivity index (χ1n) is 6.08. The zero-order chi connectivity index (χ0) is 14.5. The van der Waals surface area contributed by atoms with Crippen LogP contribution in [0.5, 0.6) is 0 Å². The van der Waals surface area contributed by atoms with Crippen molar-refractivity contribution in [2.45, 2.75) is 12.5 Å². The standard InChI is InChI=1S/C16H13NO3/c1-2-5-14(16(19)20)17-15(18)13-9-8-11-6-3-4-7-12(11)10-13/h1,3-4,6-10,14H,5H2,(H,17,18)(H,19,20)/t14-/m1/s1. The van der Waals surface area contributed by atoms with E-state index in [9.17, 15) is 9.59 Å². The number of nitrogens with one attached hydrogen (secondary N) is 1. The predicted octanol–water partition coefficient (Wildman–Crippen LogP) is 2.05. The van der Waals surface area contributed by atoms with Crippen molar-refractivity contribution in [3.8, 4) is 12.3 Å². The van der Waals surface area contributed by atoms with Crippen LogP contribution in [0.25, 0.3) is 10.8 Å². The quantitative estimate of drug-likeness (QED) is 0.833. The molecule has 0 aliphatic rings. The minimum atomic E-state index is -1.14. The Morgan fingerprint density at radius 3 is 2.55 bits per heavy atom. The third kappa shape index (κ3) is 2.96. The molecule has 4 heteroatoms. The van der Waals surface area contributed by atoms with Gasteiger partial charge in [0.1, 0.15) is 6.04 Å². The molecule has 100 valence electrons. The molecule has 4 nitrogen and oxygen atoms in total. The summed E-state index contributed by atoms with van der Waals surface area (Å²) in [4.78, 5) is 23.0. The highest BCUT2D eigenvalue weighted by Crippen LogP contribution is 2.15. The van der Waals surface area contributed by atoms with Crippen LogP contribution in [0.2, 0.25) is 0 Å². The lowest BCUT2D eigenvalue weighted by Crippen LogP contribution is -2.40. The van der Waals surface area contributed by atoms with E-state index in [1.54, 1.807) is 12.1 Å². The second-order valence-corrected chi connectivity index (χ2v) is 4.33. The van der Waals surface area contributed by atoms with Crippen LogP contribution in [0, 0.1) is 12.3 Å². The molecular formula is C16H13NO3. The number of carbonyl (C=O) groups is 2. The Morgan fingerprint density at radius 1 is 1.20 bits per heavy atom. The zero-order valence-electron chi connectivity index (χ0n) is 10.7. The number of fused-ring (bicyclic) bond motifs is 1. The summed E-state index contributed by atoms with van der Waals surface area (Å²) in [5.74, 6) is 0.653. The van der Waals surface area contributed by atoms with Gasteiger partial charge in [0.05, 0.1) is 0 Å². The Hall–Kier alpha value is -2.80. The maximum Gasteiger partial charge on any atom is 0.327 e. The van der Waals surface area contributed by atoms with Crippen molar-refractivity contribution in [3.05, 3.63) is 48.0 Å². The number of aliphatic carboxylic acids is 1. The van der Waals surface area contributed by atoms with Crippen molar-refractivity contribution < 1.29 is 14.7 Å². The lowest BCUT2D eigenvalue weighted by Gasteiger charge is -2.12. The molecule has 0 fully saturated rings. The Labute approximate surface area is 116 Å². The van der Waals surface area contributed by atoms with Crippen molar-refractivity contribution >= 4 is 22.6 Å². The monoisotopic (exact) mass is 267 g/mol. The number of carbonyl (C=O) groups excluding carboxylic acids is 1. The molecule has 0 saturated heterocycles. The van der Waals surface area contributed by atoms with E-state index in [4.69, 9.17) is 11.5 Å². The van der Waals surface area contributed by atoms with Crippen molar-refractivity contribution in [1.82, 2.24) is 5.32 Å². The molecule has 2 rings (SSSR count). The number of carboxylic acids is 1. The Balaban J connectivity index is 2.22. The molecule has 2 aromatic rings. The zero-order valence-corrected chi connectivity index (χ0v) is 10.7. The molecule has 0 radical (unpaired) electrons. The maximum atomic E-state index is 12.0. The minimum absolute atomic E-state index is 0.0470. The van der Waals surface area contributed by atoms with Gasteiger partial charge in [-0.2, -0.15) is 0 Å². The molecule has 0 aliphatic heterocycles. The fourth-order valence-electron chi connectivity index (χ4n) is 1.89. The lowest BCUT2D eigenvalue weighted by atomic mass is 10.1. The van der Waals surface area contributed by atoms with E-state index >= 15 is 0 Å². The van der Waals surface area contributed by atoms with Crippen molar-refractivity contribution in [3.63, 3.8) is 0 Å². The van der Waals surface area contributed by atoms with Gasteiger partial charge in [-0.1, -0.05) is 30.3 Å². The smallest absolute Gasteiger partial charge is 0.327 e. The molecule has 0 spiro atoms. The molecule has 2 aromatic carbocycles. The lowest BCUT2D eigenvalue weighted by molar-refractivity contribution is -0.139. The summed E-state index contributed by atoms with van der Waals surface area (Å²) in [6, 6.07) is 11.8. The topological polar surface area (TPSA) is 66.4 Å². The largest absolute Gasteiger partial charge is 0.480 e. The molecular weight excluding hydrogens is 254 g/mol. The fourth-order valence-corrected chi connectivity index (χ4v) is 1.89. The molecule has 0 unspecified atom stereocenters. The van der Waals surface area contributed by atoms with Crippen LogP contribution in [0.15, 0.2) is 42.5 Å². The SMILES string of the molecule is C#CC[C@@H](NC(=O)c1ccc2ccccc2c1)C(=O)O. The third-order valence-corrected chi connectivity index (χ3v) is 2.94. The summed E-state index contributed by atoms with van der Waals surface area (Å²) < 4.78 is 0. The third-order valence-electron chi connectivity index (χ3n) is 2.94. The fraction of sp³-hybridized carbons (Fsp3) is 0.125. The van der Waals surface area contributed by atoms with E-state index in [0.717, 1.165) is 10.8 Å². The van der Waals surface area contributed by atoms with Gasteiger partial charge in [-0.15, -0.1) is 12.3 Å². The molecule has 0 aliphatic carbocycles. The second-order valence-electron chi connectivity index (χ2n) is 4.33. The van der Waals surface area contributed by atoms with Gasteiger partial charge in [0, 0.05) is 12.0 Å². The van der Waals surface area contributed by atoms with E-state index in [1.165, 1.54) is 0 Å². The molecule has 20 heavy (non-hydrogen) atoms. The summed E-state index contributed by atoms with van der Waals surface area (Å²) in [5.41, 5.74) is 0.409. The average Bonchev–Trinajstić information content (AvgIpc) is 2.46. The normalized spacial score (nSPS) is 11.6. The highest BCUT2D eigenvalue weighted by molar-refractivity contribution is 6.00. The van der Waals surface area contributed by atoms with E-state index < -0.39 is 17.9 Å². The molecule has 0 heterocycles. The maximum absolute atomic E-state index is 12.0. The summed E-state index contributed by atoms with van der Waals surface area (Å²) in [6.07, 6.45) is 5.04. The summed E-state index contributed by atoms with van der Waals surface area (Å²) in [7, 11) is 0. The van der Waals surface area contributed by atoms with Crippen LogP contribution in [-0.4, -0.2) is 23.0 Å². The van der Waals surface area contributed by atoms with E-state index in [1.807, 2.05) is 30.3 Å². The van der Waals surface area contributed by atoms with Gasteiger partial charge >= 0.3 is 5.97 Å². The van der Waals surface area contributed by atoms with Crippen LogP contribution in [0.3, 0.4) is 0 Å². The van der Waals surface area contributed by atoms with Crippen LogP contribution in [0.1, 0.15) is 16.8 Å².